The molecule has 1 amide bonds. The number of hydrogen-bond donors (Lipinski definition) is 1. The highest BCUT2D eigenvalue weighted by Gasteiger charge is 2.44. The molecule has 1 aliphatic rings. The van der Waals surface area contributed by atoms with Crippen molar-refractivity contribution in [2.75, 3.05) is 0 Å². The summed E-state index contributed by atoms with van der Waals surface area (Å²) in [6.07, 6.45) is 1.86. The lowest BCUT2D eigenvalue weighted by atomic mass is 10.0. The molecule has 0 heterocycles. The lowest BCUT2D eigenvalue weighted by molar-refractivity contribution is -0.123. The van der Waals surface area contributed by atoms with Crippen molar-refractivity contribution < 1.29 is 9.18 Å². The van der Waals surface area contributed by atoms with Crippen LogP contribution in [-0.4, -0.2) is 5.91 Å². The molecule has 3 atom stereocenters. The zero-order valence-corrected chi connectivity index (χ0v) is 13.6. The summed E-state index contributed by atoms with van der Waals surface area (Å²) in [5.74, 6) is 0.0917. The van der Waals surface area contributed by atoms with Crippen LogP contribution in [0.3, 0.4) is 0 Å². The topological polar surface area (TPSA) is 29.1 Å². The van der Waals surface area contributed by atoms with Gasteiger partial charge in [-0.15, -0.1) is 0 Å². The van der Waals surface area contributed by atoms with Crippen molar-refractivity contribution in [1.29, 1.82) is 0 Å². The smallest absolute Gasteiger partial charge is 0.224 e. The van der Waals surface area contributed by atoms with Gasteiger partial charge in [-0.1, -0.05) is 43.3 Å². The molecule has 1 saturated carbocycles. The molecule has 0 bridgehead atoms. The molecule has 0 spiro atoms. The van der Waals surface area contributed by atoms with E-state index in [0.29, 0.717) is 0 Å². The summed E-state index contributed by atoms with van der Waals surface area (Å²) in [4.78, 5) is 12.4. The van der Waals surface area contributed by atoms with Gasteiger partial charge in [-0.2, -0.15) is 0 Å². The number of benzene rings is 2. The van der Waals surface area contributed by atoms with Crippen LogP contribution in [0.25, 0.3) is 0 Å². The summed E-state index contributed by atoms with van der Waals surface area (Å²) < 4.78 is 13.0. The van der Waals surface area contributed by atoms with Crippen LogP contribution in [-0.2, 0) is 11.2 Å². The second kappa shape index (κ2) is 6.53. The molecule has 120 valence electrons. The van der Waals surface area contributed by atoms with Crippen molar-refractivity contribution in [1.82, 2.24) is 5.32 Å². The normalized spacial score (nSPS) is 20.8. The molecule has 3 unspecified atom stereocenters. The van der Waals surface area contributed by atoms with E-state index in [-0.39, 0.29) is 29.6 Å². The molecule has 3 rings (SSSR count). The third-order valence-electron chi connectivity index (χ3n) is 4.67. The number of hydrogen-bond acceptors (Lipinski definition) is 1. The van der Waals surface area contributed by atoms with Gasteiger partial charge in [-0.3, -0.25) is 4.79 Å². The Bertz CT molecular complexity index is 678. The third kappa shape index (κ3) is 3.61. The molecule has 23 heavy (non-hydrogen) atoms. The Morgan fingerprint density at radius 2 is 1.83 bits per heavy atom. The van der Waals surface area contributed by atoms with Crippen LogP contribution in [0.4, 0.5) is 4.39 Å². The molecule has 0 aliphatic heterocycles. The van der Waals surface area contributed by atoms with Crippen molar-refractivity contribution >= 4 is 5.91 Å². The van der Waals surface area contributed by atoms with Crippen LogP contribution in [0.1, 0.15) is 48.9 Å². The van der Waals surface area contributed by atoms with Gasteiger partial charge in [0.15, 0.2) is 0 Å². The molecule has 2 aromatic carbocycles. The lowest BCUT2D eigenvalue weighted by Gasteiger charge is -2.15. The monoisotopic (exact) mass is 311 g/mol. The van der Waals surface area contributed by atoms with Gasteiger partial charge in [0, 0.05) is 5.92 Å². The maximum atomic E-state index is 13.0. The SMILES string of the molecule is CCc1ccc(C(C)NC(=O)C2CC2c2ccc(F)cc2)cc1. The minimum atomic E-state index is -0.237. The number of carbonyl (C=O) groups is 1. The van der Waals surface area contributed by atoms with E-state index in [1.54, 1.807) is 12.1 Å². The lowest BCUT2D eigenvalue weighted by Crippen LogP contribution is -2.28. The van der Waals surface area contributed by atoms with Gasteiger partial charge in [0.1, 0.15) is 5.82 Å². The Balaban J connectivity index is 1.58. The number of rotatable bonds is 5. The fraction of sp³-hybridized carbons (Fsp3) is 0.350. The van der Waals surface area contributed by atoms with Crippen molar-refractivity contribution in [3.8, 4) is 0 Å². The van der Waals surface area contributed by atoms with E-state index in [0.717, 1.165) is 24.0 Å². The molecule has 2 aromatic rings. The van der Waals surface area contributed by atoms with E-state index in [4.69, 9.17) is 0 Å². The summed E-state index contributed by atoms with van der Waals surface area (Å²) in [5.41, 5.74) is 3.46. The molecule has 0 saturated heterocycles. The predicted octanol–water partition coefficient (Wildman–Crippen LogP) is 4.37. The van der Waals surface area contributed by atoms with E-state index in [9.17, 15) is 9.18 Å². The quantitative estimate of drug-likeness (QED) is 0.873. The largest absolute Gasteiger partial charge is 0.349 e. The van der Waals surface area contributed by atoms with Gasteiger partial charge in [0.2, 0.25) is 5.91 Å². The summed E-state index contributed by atoms with van der Waals surface area (Å²) in [7, 11) is 0. The second-order valence-corrected chi connectivity index (χ2v) is 6.33. The molecular weight excluding hydrogens is 289 g/mol. The van der Waals surface area contributed by atoms with E-state index < -0.39 is 0 Å². The Morgan fingerprint density at radius 1 is 1.17 bits per heavy atom. The van der Waals surface area contributed by atoms with E-state index >= 15 is 0 Å². The average Bonchev–Trinajstić information content (AvgIpc) is 3.36. The minimum absolute atomic E-state index is 0.00266. The molecule has 1 aliphatic carbocycles. The highest BCUT2D eigenvalue weighted by Crippen LogP contribution is 2.47. The number of amides is 1. The summed E-state index contributed by atoms with van der Waals surface area (Å²) >= 11 is 0. The summed E-state index contributed by atoms with van der Waals surface area (Å²) in [6, 6.07) is 14.8. The summed E-state index contributed by atoms with van der Waals surface area (Å²) in [5, 5.41) is 3.09. The predicted molar refractivity (Wildman–Crippen MR) is 89.6 cm³/mol. The van der Waals surface area contributed by atoms with Crippen molar-refractivity contribution in [3.05, 3.63) is 71.0 Å². The van der Waals surface area contributed by atoms with E-state index in [1.807, 2.05) is 6.92 Å². The number of carbonyl (C=O) groups excluding carboxylic acids is 1. The molecular formula is C20H22FNO. The fourth-order valence-electron chi connectivity index (χ4n) is 3.01. The Morgan fingerprint density at radius 3 is 2.43 bits per heavy atom. The fourth-order valence-corrected chi connectivity index (χ4v) is 3.01. The Kier molecular flexibility index (Phi) is 4.46. The number of aryl methyl sites for hydroxylation is 1. The third-order valence-corrected chi connectivity index (χ3v) is 4.67. The number of nitrogens with one attached hydrogen (secondary N) is 1. The van der Waals surface area contributed by atoms with Crippen molar-refractivity contribution in [2.45, 2.75) is 38.6 Å². The van der Waals surface area contributed by atoms with Crippen molar-refractivity contribution in [3.63, 3.8) is 0 Å². The summed E-state index contributed by atoms with van der Waals surface area (Å²) in [6.45, 7) is 4.14. The zero-order valence-electron chi connectivity index (χ0n) is 13.6. The minimum Gasteiger partial charge on any atom is -0.349 e. The van der Waals surface area contributed by atoms with Crippen molar-refractivity contribution in [2.24, 2.45) is 5.92 Å². The van der Waals surface area contributed by atoms with Gasteiger partial charge in [0.05, 0.1) is 6.04 Å². The van der Waals surface area contributed by atoms with Gasteiger partial charge < -0.3 is 5.32 Å². The molecule has 0 aromatic heterocycles. The van der Waals surface area contributed by atoms with Gasteiger partial charge in [-0.25, -0.2) is 4.39 Å². The first-order valence-corrected chi connectivity index (χ1v) is 8.23. The molecule has 2 nitrogen and oxygen atoms in total. The maximum Gasteiger partial charge on any atom is 0.224 e. The molecule has 3 heteroatoms. The first-order chi connectivity index (χ1) is 11.1. The molecule has 1 N–H and O–H groups in total. The van der Waals surface area contributed by atoms with Gasteiger partial charge >= 0.3 is 0 Å². The van der Waals surface area contributed by atoms with E-state index in [2.05, 4.69) is 36.5 Å². The van der Waals surface area contributed by atoms with Crippen LogP contribution >= 0.6 is 0 Å². The average molecular weight is 311 g/mol. The number of halogens is 1. The zero-order chi connectivity index (χ0) is 16.4. The Hall–Kier alpha value is -2.16. The van der Waals surface area contributed by atoms with Crippen LogP contribution in [0.5, 0.6) is 0 Å². The standard InChI is InChI=1S/C20H22FNO/c1-3-14-4-6-15(7-5-14)13(2)22-20(23)19-12-18(19)16-8-10-17(21)11-9-16/h4-11,13,18-19H,3,12H2,1-2H3,(H,22,23). The Labute approximate surface area is 136 Å². The van der Waals surface area contributed by atoms with Gasteiger partial charge in [0.25, 0.3) is 0 Å². The highest BCUT2D eigenvalue weighted by atomic mass is 19.1. The van der Waals surface area contributed by atoms with E-state index in [1.165, 1.54) is 17.7 Å². The second-order valence-electron chi connectivity index (χ2n) is 6.33. The first-order valence-electron chi connectivity index (χ1n) is 8.23. The molecule has 0 radical (unpaired) electrons. The highest BCUT2D eigenvalue weighted by molar-refractivity contribution is 5.83. The van der Waals surface area contributed by atoms with Gasteiger partial charge in [-0.05, 0) is 54.5 Å². The maximum absolute atomic E-state index is 13.0. The molecule has 1 fully saturated rings. The van der Waals surface area contributed by atoms with Crippen LogP contribution in [0.2, 0.25) is 0 Å². The van der Waals surface area contributed by atoms with Crippen LogP contribution < -0.4 is 5.32 Å². The van der Waals surface area contributed by atoms with Crippen LogP contribution in [0.15, 0.2) is 48.5 Å². The van der Waals surface area contributed by atoms with Crippen LogP contribution in [0, 0.1) is 11.7 Å². The first kappa shape index (κ1) is 15.7.